The smallest absolute Gasteiger partial charge is 0.415 e. The molecule has 0 fully saturated rings. The third kappa shape index (κ3) is 5.71. The zero-order valence-corrected chi connectivity index (χ0v) is 21.7. The van der Waals surface area contributed by atoms with E-state index in [1.54, 1.807) is 13.8 Å². The first-order valence-electron chi connectivity index (χ1n) is 10.7. The summed E-state index contributed by atoms with van der Waals surface area (Å²) >= 11 is 4.37. The van der Waals surface area contributed by atoms with Gasteiger partial charge in [-0.1, -0.05) is 22.0 Å². The predicted molar refractivity (Wildman–Crippen MR) is 135 cm³/mol. The van der Waals surface area contributed by atoms with Crippen molar-refractivity contribution in [1.29, 1.82) is 0 Å². The number of carbonyl (C=O) groups excluding carboxylic acids is 2. The topological polar surface area (TPSA) is 99.0 Å². The van der Waals surface area contributed by atoms with Gasteiger partial charge in [0.25, 0.3) is 5.69 Å². The molecule has 0 saturated carbocycles. The van der Waals surface area contributed by atoms with E-state index in [-0.39, 0.29) is 40.4 Å². The number of rotatable bonds is 9. The number of benzene rings is 2. The summed E-state index contributed by atoms with van der Waals surface area (Å²) in [6.07, 6.45) is -0.914. The molecule has 1 aromatic heterocycles. The van der Waals surface area contributed by atoms with Gasteiger partial charge < -0.3 is 9.47 Å². The van der Waals surface area contributed by atoms with Crippen LogP contribution in [0.2, 0.25) is 0 Å². The van der Waals surface area contributed by atoms with Gasteiger partial charge in [0, 0.05) is 27.9 Å². The first-order valence-corrected chi connectivity index (χ1v) is 12.7. The Morgan fingerprint density at radius 2 is 1.64 bits per heavy atom. The molecule has 3 rings (SSSR count). The maximum absolute atomic E-state index is 14.5. The summed E-state index contributed by atoms with van der Waals surface area (Å²) < 4.78 is 39.4. The van der Waals surface area contributed by atoms with Gasteiger partial charge in [-0.2, -0.15) is 0 Å². The minimum Gasteiger partial charge on any atom is -0.462 e. The number of hydrogen-bond donors (Lipinski definition) is 0. The van der Waals surface area contributed by atoms with Gasteiger partial charge in [0.05, 0.1) is 30.2 Å². The maximum Gasteiger partial charge on any atom is 0.415 e. The van der Waals surface area contributed by atoms with Gasteiger partial charge in [-0.3, -0.25) is 15.0 Å². The van der Waals surface area contributed by atoms with E-state index in [1.165, 1.54) is 30.3 Å². The van der Waals surface area contributed by atoms with Gasteiger partial charge in [-0.05, 0) is 49.2 Å². The fourth-order valence-corrected chi connectivity index (χ4v) is 5.46. The van der Waals surface area contributed by atoms with Crippen LogP contribution < -0.4 is 4.90 Å². The zero-order chi connectivity index (χ0) is 26.4. The van der Waals surface area contributed by atoms with Crippen LogP contribution in [0, 0.1) is 21.7 Å². The Labute approximate surface area is 217 Å². The number of non-ortho nitro benzene ring substituents is 1. The number of alkyl halides is 1. The summed E-state index contributed by atoms with van der Waals surface area (Å²) in [5, 5.41) is 11.3. The Kier molecular flexibility index (Phi) is 9.10. The number of amides is 1. The Morgan fingerprint density at radius 1 is 1.03 bits per heavy atom. The van der Waals surface area contributed by atoms with Gasteiger partial charge in [-0.25, -0.2) is 18.4 Å². The molecule has 12 heteroatoms. The molecule has 0 N–H and O–H groups in total. The normalized spacial score (nSPS) is 10.7. The lowest BCUT2D eigenvalue weighted by Crippen LogP contribution is -2.32. The van der Waals surface area contributed by atoms with Crippen molar-refractivity contribution in [3.05, 3.63) is 80.9 Å². The van der Waals surface area contributed by atoms with Gasteiger partial charge >= 0.3 is 12.1 Å². The maximum atomic E-state index is 14.5. The molecular weight excluding hydrogens is 562 g/mol. The number of nitrogens with zero attached hydrogens (tertiary/aromatic N) is 2. The highest BCUT2D eigenvalue weighted by atomic mass is 79.9. The van der Waals surface area contributed by atoms with E-state index in [9.17, 15) is 28.5 Å². The van der Waals surface area contributed by atoms with Crippen LogP contribution in [0.4, 0.5) is 24.3 Å². The number of carbonyl (C=O) groups is 2. The summed E-state index contributed by atoms with van der Waals surface area (Å²) in [5.41, 5.74) is 0.510. The predicted octanol–water partition coefficient (Wildman–Crippen LogP) is 6.84. The Bertz CT molecular complexity index is 1260. The van der Waals surface area contributed by atoms with Crippen molar-refractivity contribution >= 4 is 50.0 Å². The van der Waals surface area contributed by atoms with E-state index in [2.05, 4.69) is 15.9 Å². The van der Waals surface area contributed by atoms with Crippen LogP contribution in [-0.4, -0.2) is 30.2 Å². The van der Waals surface area contributed by atoms with E-state index < -0.39 is 35.2 Å². The monoisotopic (exact) mass is 582 g/mol. The van der Waals surface area contributed by atoms with Crippen LogP contribution in [0.5, 0.6) is 0 Å². The zero-order valence-electron chi connectivity index (χ0n) is 19.3. The van der Waals surface area contributed by atoms with E-state index in [0.29, 0.717) is 16.0 Å². The lowest BCUT2D eigenvalue weighted by molar-refractivity contribution is -0.384. The van der Waals surface area contributed by atoms with Crippen molar-refractivity contribution in [3.63, 3.8) is 0 Å². The number of halogens is 3. The molecule has 1 heterocycles. The molecule has 0 atom stereocenters. The van der Waals surface area contributed by atoms with E-state index in [1.807, 2.05) is 0 Å². The van der Waals surface area contributed by atoms with Crippen LogP contribution in [0.1, 0.15) is 35.3 Å². The molecule has 3 aromatic rings. The van der Waals surface area contributed by atoms with E-state index in [0.717, 1.165) is 28.4 Å². The molecule has 0 radical (unpaired) electrons. The number of nitro benzene ring substituents is 1. The molecule has 2 aromatic carbocycles. The molecule has 8 nitrogen and oxygen atoms in total. The van der Waals surface area contributed by atoms with Crippen molar-refractivity contribution in [2.24, 2.45) is 0 Å². The van der Waals surface area contributed by atoms with E-state index >= 15 is 0 Å². The summed E-state index contributed by atoms with van der Waals surface area (Å²) in [6.45, 7) is 2.67. The molecule has 0 aliphatic carbocycles. The second-order valence-corrected chi connectivity index (χ2v) is 8.79. The first kappa shape index (κ1) is 27.2. The molecule has 0 aliphatic rings. The highest BCUT2D eigenvalue weighted by molar-refractivity contribution is 9.08. The van der Waals surface area contributed by atoms with Crippen molar-refractivity contribution in [2.45, 2.75) is 25.7 Å². The van der Waals surface area contributed by atoms with Crippen molar-refractivity contribution in [3.8, 4) is 10.4 Å². The molecule has 1 amide bonds. The molecular formula is C24H21BrF2N2O6S. The number of anilines is 1. The molecule has 0 unspecified atom stereocenters. The average Bonchev–Trinajstić information content (AvgIpc) is 3.23. The Hall–Kier alpha value is -3.38. The first-order chi connectivity index (χ1) is 17.2. The lowest BCUT2D eigenvalue weighted by atomic mass is 10.1. The molecule has 0 aliphatic heterocycles. The molecule has 36 heavy (non-hydrogen) atoms. The number of nitro groups is 1. The summed E-state index contributed by atoms with van der Waals surface area (Å²) in [5.74, 6) is -2.47. The fraction of sp³-hybridized carbons (Fsp3) is 0.250. The second kappa shape index (κ2) is 12.0. The molecule has 0 bridgehead atoms. The molecule has 0 saturated heterocycles. The quantitative estimate of drug-likeness (QED) is 0.118. The number of thiophene rings is 1. The summed E-state index contributed by atoms with van der Waals surface area (Å²) in [4.78, 5) is 38.1. The Balaban J connectivity index is 2.25. The highest BCUT2D eigenvalue weighted by Gasteiger charge is 2.32. The number of ether oxygens (including phenoxy) is 2. The SMILES string of the molecule is CCOC(=O)c1c(N(Cc2c(F)cccc2F)C(=O)OCC)sc(-c2ccc([N+](=O)[O-])cc2)c1CBr. The van der Waals surface area contributed by atoms with E-state index in [4.69, 9.17) is 9.47 Å². The minimum absolute atomic E-state index is 0.0181. The lowest BCUT2D eigenvalue weighted by Gasteiger charge is -2.22. The average molecular weight is 583 g/mol. The molecule has 0 spiro atoms. The third-order valence-corrected chi connectivity index (χ3v) is 6.92. The Morgan fingerprint density at radius 3 is 2.17 bits per heavy atom. The van der Waals surface area contributed by atoms with Gasteiger partial charge in [0.1, 0.15) is 16.6 Å². The number of esters is 1. The largest absolute Gasteiger partial charge is 0.462 e. The highest BCUT2D eigenvalue weighted by Crippen LogP contribution is 2.45. The van der Waals surface area contributed by atoms with Crippen LogP contribution in [0.3, 0.4) is 0 Å². The summed E-state index contributed by atoms with van der Waals surface area (Å²) in [7, 11) is 0. The minimum atomic E-state index is -0.914. The van der Waals surface area contributed by atoms with Crippen LogP contribution in [0.25, 0.3) is 10.4 Å². The summed E-state index contributed by atoms with van der Waals surface area (Å²) in [6, 6.07) is 8.99. The van der Waals surface area contributed by atoms with Gasteiger partial charge in [0.2, 0.25) is 0 Å². The fourth-order valence-electron chi connectivity index (χ4n) is 3.41. The van der Waals surface area contributed by atoms with Crippen molar-refractivity contribution < 1.29 is 32.8 Å². The van der Waals surface area contributed by atoms with Crippen LogP contribution in [0.15, 0.2) is 42.5 Å². The van der Waals surface area contributed by atoms with Gasteiger partial charge in [0.15, 0.2) is 0 Å². The molecule has 190 valence electrons. The number of hydrogen-bond acceptors (Lipinski definition) is 7. The van der Waals surface area contributed by atoms with Crippen LogP contribution in [-0.2, 0) is 21.3 Å². The van der Waals surface area contributed by atoms with Crippen molar-refractivity contribution in [1.82, 2.24) is 0 Å². The standard InChI is InChI=1S/C24H21BrF2N2O6S/c1-3-34-23(30)20-16(12-25)21(14-8-10-15(11-9-14)29(32)33)36-22(20)28(24(31)35-4-2)13-17-18(26)6-5-7-19(17)27/h5-11H,3-4,12-13H2,1-2H3. The third-order valence-electron chi connectivity index (χ3n) is 5.05. The van der Waals surface area contributed by atoms with Crippen molar-refractivity contribution in [2.75, 3.05) is 18.1 Å². The van der Waals surface area contributed by atoms with Crippen LogP contribution >= 0.6 is 27.3 Å². The second-order valence-electron chi connectivity index (χ2n) is 7.23. The van der Waals surface area contributed by atoms with Gasteiger partial charge in [-0.15, -0.1) is 11.3 Å².